The summed E-state index contributed by atoms with van der Waals surface area (Å²) in [5.74, 6) is 1.69. The highest BCUT2D eigenvalue weighted by Crippen LogP contribution is 2.30. The number of imidazole rings is 1. The number of aromatic amines is 1. The van der Waals surface area contributed by atoms with Crippen molar-refractivity contribution < 1.29 is 4.74 Å². The second-order valence-electron chi connectivity index (χ2n) is 3.60. The number of nitrogens with one attached hydrogen (secondary N) is 1. The lowest BCUT2D eigenvalue weighted by atomic mass is 10.3. The van der Waals surface area contributed by atoms with E-state index >= 15 is 0 Å². The lowest BCUT2D eigenvalue weighted by Gasteiger charge is -1.90. The van der Waals surface area contributed by atoms with E-state index in [1.807, 2.05) is 29.6 Å². The largest absolute Gasteiger partial charge is 0.496 e. The number of rotatable bonds is 2. The maximum atomic E-state index is 5.94. The van der Waals surface area contributed by atoms with Gasteiger partial charge in [-0.3, -0.25) is 0 Å². The zero-order valence-corrected chi connectivity index (χ0v) is 10.6. The third kappa shape index (κ3) is 1.90. The fraction of sp³-hybridized carbons (Fsp3) is 0.0833. The third-order valence-electron chi connectivity index (χ3n) is 2.49. The van der Waals surface area contributed by atoms with Gasteiger partial charge in [-0.05, 0) is 18.2 Å². The van der Waals surface area contributed by atoms with Gasteiger partial charge in [-0.1, -0.05) is 11.6 Å². The van der Waals surface area contributed by atoms with Gasteiger partial charge in [-0.2, -0.15) is 0 Å². The second kappa shape index (κ2) is 4.05. The van der Waals surface area contributed by atoms with Crippen LogP contribution in [0, 0.1) is 0 Å². The zero-order chi connectivity index (χ0) is 11.8. The van der Waals surface area contributed by atoms with Crippen molar-refractivity contribution in [2.45, 2.75) is 0 Å². The van der Waals surface area contributed by atoms with Gasteiger partial charge in [0.2, 0.25) is 0 Å². The number of hydrogen-bond acceptors (Lipinski definition) is 3. The summed E-state index contributed by atoms with van der Waals surface area (Å²) >= 11 is 7.53. The van der Waals surface area contributed by atoms with Crippen LogP contribution in [0.2, 0.25) is 5.02 Å². The molecule has 0 aliphatic rings. The molecule has 2 heterocycles. The number of halogens is 1. The Morgan fingerprint density at radius 1 is 1.35 bits per heavy atom. The molecule has 17 heavy (non-hydrogen) atoms. The molecule has 1 aromatic carbocycles. The van der Waals surface area contributed by atoms with Gasteiger partial charge in [0.1, 0.15) is 11.6 Å². The molecule has 0 fully saturated rings. The van der Waals surface area contributed by atoms with E-state index in [4.69, 9.17) is 16.3 Å². The average molecular weight is 265 g/mol. The van der Waals surface area contributed by atoms with Crippen LogP contribution in [0.5, 0.6) is 5.75 Å². The zero-order valence-electron chi connectivity index (χ0n) is 9.03. The summed E-state index contributed by atoms with van der Waals surface area (Å²) in [7, 11) is 1.66. The first kappa shape index (κ1) is 10.6. The minimum absolute atomic E-state index is 0.705. The Morgan fingerprint density at radius 2 is 2.24 bits per heavy atom. The summed E-state index contributed by atoms with van der Waals surface area (Å²) in [6.07, 6.45) is 0. The number of fused-ring (bicyclic) bond motifs is 1. The third-order valence-corrected chi connectivity index (χ3v) is 3.64. The Hall–Kier alpha value is -1.52. The molecular weight excluding hydrogens is 256 g/mol. The summed E-state index contributed by atoms with van der Waals surface area (Å²) < 4.78 is 5.16. The number of aromatic nitrogens is 2. The van der Waals surface area contributed by atoms with Crippen LogP contribution < -0.4 is 4.74 Å². The van der Waals surface area contributed by atoms with E-state index < -0.39 is 0 Å². The molecule has 0 aliphatic heterocycles. The van der Waals surface area contributed by atoms with Gasteiger partial charge in [0.05, 0.1) is 23.0 Å². The molecule has 0 atom stereocenters. The molecule has 0 saturated carbocycles. The molecule has 0 unspecified atom stereocenters. The monoisotopic (exact) mass is 264 g/mol. The van der Waals surface area contributed by atoms with Gasteiger partial charge in [0.15, 0.2) is 0 Å². The van der Waals surface area contributed by atoms with Gasteiger partial charge in [0, 0.05) is 16.5 Å². The number of ether oxygens (including phenoxy) is 1. The summed E-state index contributed by atoms with van der Waals surface area (Å²) in [5.41, 5.74) is 1.86. The van der Waals surface area contributed by atoms with Crippen LogP contribution in [0.1, 0.15) is 0 Å². The molecule has 0 spiro atoms. The van der Waals surface area contributed by atoms with Crippen molar-refractivity contribution in [3.05, 3.63) is 34.7 Å². The lowest BCUT2D eigenvalue weighted by molar-refractivity contribution is 0.417. The van der Waals surface area contributed by atoms with Crippen molar-refractivity contribution in [3.8, 4) is 16.5 Å². The van der Waals surface area contributed by atoms with Crippen LogP contribution in [-0.2, 0) is 0 Å². The highest BCUT2D eigenvalue weighted by atomic mass is 35.5. The first-order valence-corrected chi connectivity index (χ1v) is 6.30. The minimum atomic E-state index is 0.705. The Labute approximate surface area is 107 Å². The smallest absolute Gasteiger partial charge is 0.148 e. The molecule has 86 valence electrons. The van der Waals surface area contributed by atoms with Crippen LogP contribution in [0.15, 0.2) is 29.6 Å². The van der Waals surface area contributed by atoms with Crippen molar-refractivity contribution in [2.75, 3.05) is 7.11 Å². The van der Waals surface area contributed by atoms with Crippen LogP contribution >= 0.6 is 22.9 Å². The molecule has 3 rings (SSSR count). The van der Waals surface area contributed by atoms with Gasteiger partial charge >= 0.3 is 0 Å². The summed E-state index contributed by atoms with van der Waals surface area (Å²) in [4.78, 5) is 8.81. The van der Waals surface area contributed by atoms with Gasteiger partial charge in [-0.15, -0.1) is 11.3 Å². The van der Waals surface area contributed by atoms with Crippen LogP contribution in [0.4, 0.5) is 0 Å². The first-order chi connectivity index (χ1) is 8.26. The van der Waals surface area contributed by atoms with Gasteiger partial charge in [-0.25, -0.2) is 4.98 Å². The second-order valence-corrected chi connectivity index (χ2v) is 4.95. The minimum Gasteiger partial charge on any atom is -0.496 e. The Balaban J connectivity index is 2.11. The Bertz CT molecular complexity index is 674. The first-order valence-electron chi connectivity index (χ1n) is 5.04. The molecule has 3 aromatic rings. The number of thiophene rings is 1. The Kier molecular flexibility index (Phi) is 2.53. The highest BCUT2D eigenvalue weighted by molar-refractivity contribution is 7.13. The highest BCUT2D eigenvalue weighted by Gasteiger charge is 2.08. The normalized spacial score (nSPS) is 10.9. The van der Waals surface area contributed by atoms with E-state index in [9.17, 15) is 0 Å². The predicted molar refractivity (Wildman–Crippen MR) is 71.0 cm³/mol. The average Bonchev–Trinajstić information content (AvgIpc) is 2.93. The number of hydrogen-bond donors (Lipinski definition) is 1. The van der Waals surface area contributed by atoms with E-state index in [2.05, 4.69) is 9.97 Å². The summed E-state index contributed by atoms with van der Waals surface area (Å²) in [6, 6.07) is 7.58. The molecule has 0 saturated heterocycles. The molecule has 1 N–H and O–H groups in total. The molecule has 2 aromatic heterocycles. The molecule has 0 amide bonds. The van der Waals surface area contributed by atoms with E-state index in [1.54, 1.807) is 18.4 Å². The van der Waals surface area contributed by atoms with E-state index in [0.29, 0.717) is 5.02 Å². The van der Waals surface area contributed by atoms with Crippen molar-refractivity contribution in [2.24, 2.45) is 0 Å². The standard InChI is InChI=1S/C12H9ClN2OS/c1-16-8-5-11(17-6-8)12-14-9-3-2-7(13)4-10(9)15-12/h2-6H,1H3,(H,14,15). The molecule has 5 heteroatoms. The SMILES string of the molecule is COc1csc(-c2nc3ccc(Cl)cc3[nH]2)c1. The number of methoxy groups -OCH3 is 1. The van der Waals surface area contributed by atoms with E-state index in [0.717, 1.165) is 27.5 Å². The summed E-state index contributed by atoms with van der Waals surface area (Å²) in [6.45, 7) is 0. The van der Waals surface area contributed by atoms with E-state index in [1.165, 1.54) is 0 Å². The van der Waals surface area contributed by atoms with Crippen LogP contribution in [0.25, 0.3) is 21.7 Å². The van der Waals surface area contributed by atoms with Crippen molar-refractivity contribution in [1.82, 2.24) is 9.97 Å². The van der Waals surface area contributed by atoms with Crippen molar-refractivity contribution in [1.29, 1.82) is 0 Å². The van der Waals surface area contributed by atoms with E-state index in [-0.39, 0.29) is 0 Å². The quantitative estimate of drug-likeness (QED) is 0.761. The lowest BCUT2D eigenvalue weighted by Crippen LogP contribution is -1.77. The fourth-order valence-electron chi connectivity index (χ4n) is 1.65. The topological polar surface area (TPSA) is 37.9 Å². The van der Waals surface area contributed by atoms with Gasteiger partial charge < -0.3 is 9.72 Å². The Morgan fingerprint density at radius 3 is 3.00 bits per heavy atom. The molecule has 0 bridgehead atoms. The predicted octanol–water partition coefficient (Wildman–Crippen LogP) is 3.95. The van der Waals surface area contributed by atoms with Crippen LogP contribution in [-0.4, -0.2) is 17.1 Å². The molecule has 0 radical (unpaired) electrons. The number of benzene rings is 1. The molecular formula is C12H9ClN2OS. The van der Waals surface area contributed by atoms with Gasteiger partial charge in [0.25, 0.3) is 0 Å². The fourth-order valence-corrected chi connectivity index (χ4v) is 2.62. The van der Waals surface area contributed by atoms with Crippen LogP contribution in [0.3, 0.4) is 0 Å². The molecule has 3 nitrogen and oxygen atoms in total. The molecule has 0 aliphatic carbocycles. The van der Waals surface area contributed by atoms with Crippen molar-refractivity contribution >= 4 is 34.0 Å². The maximum Gasteiger partial charge on any atom is 0.148 e. The van der Waals surface area contributed by atoms with Crippen molar-refractivity contribution in [3.63, 3.8) is 0 Å². The maximum absolute atomic E-state index is 5.94. The number of nitrogens with zero attached hydrogens (tertiary/aromatic N) is 1. The number of H-pyrrole nitrogens is 1. The summed E-state index contributed by atoms with van der Waals surface area (Å²) in [5, 5.41) is 2.66.